The predicted molar refractivity (Wildman–Crippen MR) is 142 cm³/mol. The van der Waals surface area contributed by atoms with Crippen LogP contribution in [0.2, 0.25) is 0 Å². The second kappa shape index (κ2) is 9.61. The Morgan fingerprint density at radius 3 is 2.51 bits per heavy atom. The lowest BCUT2D eigenvalue weighted by molar-refractivity contribution is -0.133. The van der Waals surface area contributed by atoms with Crippen molar-refractivity contribution >= 4 is 23.0 Å². The number of alkyl halides is 1. The molecule has 3 aliphatic rings. The van der Waals surface area contributed by atoms with E-state index in [2.05, 4.69) is 26.8 Å². The van der Waals surface area contributed by atoms with E-state index in [4.69, 9.17) is 5.73 Å². The number of nitrogens with two attached hydrogens (primary N) is 1. The van der Waals surface area contributed by atoms with Crippen molar-refractivity contribution in [2.75, 3.05) is 11.9 Å². The standard InChI is InChI=1S/C28H32FN7O3/c1-26(2,39)23(29)16-33-24(37)19-15-32-21(22-4-3-18-11-17(13-30)14-34-36(18)22)12-20(19)35-28-8-5-27(6-9-28,7-10-28)25(31)38/h3-4,11-12,14-15,23,39H,5-10,16H2,1-2H3,(H2,31,38)(H,32,35)(H,33,37). The van der Waals surface area contributed by atoms with Gasteiger partial charge in [-0.1, -0.05) is 0 Å². The Hall–Kier alpha value is -4.04. The van der Waals surface area contributed by atoms with Crippen molar-refractivity contribution in [2.24, 2.45) is 11.1 Å². The molecule has 0 spiro atoms. The van der Waals surface area contributed by atoms with Crippen LogP contribution in [0.5, 0.6) is 0 Å². The minimum Gasteiger partial charge on any atom is -0.387 e. The molecular formula is C28H32FN7O3. The van der Waals surface area contributed by atoms with E-state index in [-0.39, 0.29) is 23.6 Å². The molecule has 3 aromatic rings. The smallest absolute Gasteiger partial charge is 0.255 e. The van der Waals surface area contributed by atoms with Crippen molar-refractivity contribution < 1.29 is 19.1 Å². The molecule has 0 radical (unpaired) electrons. The monoisotopic (exact) mass is 533 g/mol. The van der Waals surface area contributed by atoms with Gasteiger partial charge in [-0.15, -0.1) is 0 Å². The fourth-order valence-electron chi connectivity index (χ4n) is 5.69. The molecule has 6 rings (SSSR count). The van der Waals surface area contributed by atoms with Crippen LogP contribution in [-0.2, 0) is 4.79 Å². The van der Waals surface area contributed by atoms with Gasteiger partial charge in [-0.25, -0.2) is 8.91 Å². The molecule has 39 heavy (non-hydrogen) atoms. The van der Waals surface area contributed by atoms with E-state index in [0.29, 0.717) is 41.9 Å². The summed E-state index contributed by atoms with van der Waals surface area (Å²) in [6.07, 6.45) is 5.49. The Bertz CT molecular complexity index is 1460. The van der Waals surface area contributed by atoms with Crippen LogP contribution in [0.25, 0.3) is 16.9 Å². The molecule has 3 aliphatic carbocycles. The van der Waals surface area contributed by atoms with Crippen molar-refractivity contribution in [1.82, 2.24) is 19.9 Å². The van der Waals surface area contributed by atoms with Crippen molar-refractivity contribution in [3.63, 3.8) is 0 Å². The number of halogens is 1. The highest BCUT2D eigenvalue weighted by atomic mass is 19.1. The predicted octanol–water partition coefficient (Wildman–Crippen LogP) is 3.10. The Kier molecular flexibility index (Phi) is 6.55. The summed E-state index contributed by atoms with van der Waals surface area (Å²) < 4.78 is 16.0. The molecule has 3 aromatic heterocycles. The molecule has 0 saturated heterocycles. The van der Waals surface area contributed by atoms with E-state index < -0.39 is 23.1 Å². The van der Waals surface area contributed by atoms with Crippen LogP contribution in [0.15, 0.2) is 36.7 Å². The number of amides is 2. The zero-order chi connectivity index (χ0) is 28.0. The van der Waals surface area contributed by atoms with Crippen LogP contribution in [-0.4, -0.2) is 55.4 Å². The zero-order valence-corrected chi connectivity index (χ0v) is 22.0. The number of carbonyl (C=O) groups excluding carboxylic acids is 2. The van der Waals surface area contributed by atoms with Gasteiger partial charge < -0.3 is 21.5 Å². The van der Waals surface area contributed by atoms with Crippen LogP contribution in [0, 0.1) is 16.7 Å². The highest BCUT2D eigenvalue weighted by molar-refractivity contribution is 6.00. The maximum atomic E-state index is 14.4. The van der Waals surface area contributed by atoms with Gasteiger partial charge in [0.1, 0.15) is 12.2 Å². The van der Waals surface area contributed by atoms with E-state index in [1.165, 1.54) is 26.2 Å². The number of carbonyl (C=O) groups is 2. The molecule has 3 heterocycles. The number of nitrogens with zero attached hydrogens (tertiary/aromatic N) is 4. The zero-order valence-electron chi connectivity index (χ0n) is 22.0. The van der Waals surface area contributed by atoms with Gasteiger partial charge >= 0.3 is 0 Å². The third-order valence-corrected chi connectivity index (χ3v) is 8.42. The maximum Gasteiger partial charge on any atom is 0.255 e. The van der Waals surface area contributed by atoms with Crippen LogP contribution < -0.4 is 16.4 Å². The summed E-state index contributed by atoms with van der Waals surface area (Å²) >= 11 is 0. The first kappa shape index (κ1) is 26.6. The van der Waals surface area contributed by atoms with Crippen molar-refractivity contribution in [2.45, 2.75) is 69.7 Å². The van der Waals surface area contributed by atoms with Crippen molar-refractivity contribution in [3.8, 4) is 17.5 Å². The summed E-state index contributed by atoms with van der Waals surface area (Å²) in [5, 5.41) is 29.7. The molecule has 2 bridgehead atoms. The normalized spacial score (nSPS) is 23.3. The summed E-state index contributed by atoms with van der Waals surface area (Å²) in [6.45, 7) is 2.34. The number of aliphatic hydroxyl groups is 1. The summed E-state index contributed by atoms with van der Waals surface area (Å²) in [5.74, 6) is -0.767. The van der Waals surface area contributed by atoms with Crippen molar-refractivity contribution in [1.29, 1.82) is 5.26 Å². The van der Waals surface area contributed by atoms with E-state index in [1.54, 1.807) is 16.6 Å². The van der Waals surface area contributed by atoms with E-state index >= 15 is 0 Å². The van der Waals surface area contributed by atoms with Gasteiger partial charge in [0.25, 0.3) is 5.91 Å². The minimum absolute atomic E-state index is 0.244. The van der Waals surface area contributed by atoms with E-state index in [0.717, 1.165) is 24.8 Å². The first-order valence-electron chi connectivity index (χ1n) is 13.1. The molecule has 3 fully saturated rings. The molecule has 10 nitrogen and oxygen atoms in total. The number of fused-ring (bicyclic) bond motifs is 4. The number of pyridine rings is 1. The molecule has 5 N–H and O–H groups in total. The number of hydrogen-bond donors (Lipinski definition) is 4. The summed E-state index contributed by atoms with van der Waals surface area (Å²) in [5.41, 5.74) is 6.53. The number of aromatic nitrogens is 3. The van der Waals surface area contributed by atoms with Gasteiger partial charge in [-0.3, -0.25) is 14.6 Å². The highest BCUT2D eigenvalue weighted by Crippen LogP contribution is 2.53. The van der Waals surface area contributed by atoms with E-state index in [9.17, 15) is 24.3 Å². The quantitative estimate of drug-likeness (QED) is 0.346. The average Bonchev–Trinajstić information content (AvgIpc) is 3.35. The summed E-state index contributed by atoms with van der Waals surface area (Å²) in [4.78, 5) is 29.9. The van der Waals surface area contributed by atoms with Crippen LogP contribution in [0.1, 0.15) is 68.3 Å². The second-order valence-electron chi connectivity index (χ2n) is 11.4. The van der Waals surface area contributed by atoms with Crippen LogP contribution in [0.3, 0.4) is 0 Å². The largest absolute Gasteiger partial charge is 0.387 e. The van der Waals surface area contributed by atoms with Crippen LogP contribution >= 0.6 is 0 Å². The lowest BCUT2D eigenvalue weighted by atomic mass is 9.57. The number of anilines is 1. The lowest BCUT2D eigenvalue weighted by Crippen LogP contribution is -2.55. The molecule has 11 heteroatoms. The van der Waals surface area contributed by atoms with Gasteiger partial charge in [0.05, 0.1) is 52.1 Å². The minimum atomic E-state index is -1.65. The molecule has 0 aromatic carbocycles. The fraction of sp³-hybridized carbons (Fsp3) is 0.464. The first-order valence-corrected chi connectivity index (χ1v) is 13.1. The number of hydrogen-bond acceptors (Lipinski definition) is 7. The van der Waals surface area contributed by atoms with Gasteiger partial charge in [0.2, 0.25) is 5.91 Å². The topological polar surface area (TPSA) is 158 Å². The summed E-state index contributed by atoms with van der Waals surface area (Å²) in [6, 6.07) is 9.25. The Morgan fingerprint density at radius 2 is 1.90 bits per heavy atom. The number of nitrogens with one attached hydrogen (secondary N) is 2. The third-order valence-electron chi connectivity index (χ3n) is 8.42. The first-order chi connectivity index (χ1) is 18.5. The Morgan fingerprint density at radius 1 is 1.21 bits per heavy atom. The maximum absolute atomic E-state index is 14.4. The van der Waals surface area contributed by atoms with Crippen molar-refractivity contribution in [3.05, 3.63) is 47.8 Å². The third kappa shape index (κ3) is 4.92. The van der Waals surface area contributed by atoms with E-state index in [1.807, 2.05) is 12.1 Å². The highest BCUT2D eigenvalue weighted by Gasteiger charge is 2.51. The molecular weight excluding hydrogens is 501 g/mol. The molecule has 0 aliphatic heterocycles. The van der Waals surface area contributed by atoms with Gasteiger partial charge in [-0.2, -0.15) is 10.4 Å². The lowest BCUT2D eigenvalue weighted by Gasteiger charge is -2.52. The Labute approximate surface area is 225 Å². The van der Waals surface area contributed by atoms with Gasteiger partial charge in [-0.05, 0) is 76.6 Å². The number of primary amides is 1. The second-order valence-corrected chi connectivity index (χ2v) is 11.4. The molecule has 3 saturated carbocycles. The summed E-state index contributed by atoms with van der Waals surface area (Å²) in [7, 11) is 0. The fourth-order valence-corrected chi connectivity index (χ4v) is 5.69. The SMILES string of the molecule is CC(C)(O)C(F)CNC(=O)c1cnc(-c2ccc3cc(C#N)cnn23)cc1NC12CCC(C(N)=O)(CC1)CC2. The van der Waals surface area contributed by atoms with Crippen LogP contribution in [0.4, 0.5) is 10.1 Å². The number of rotatable bonds is 8. The molecule has 1 unspecified atom stereocenters. The molecule has 204 valence electrons. The molecule has 2 amide bonds. The average molecular weight is 534 g/mol. The van der Waals surface area contributed by atoms with Gasteiger partial charge in [0.15, 0.2) is 0 Å². The molecule has 1 atom stereocenters. The number of nitriles is 1. The Balaban J connectivity index is 1.49. The van der Waals surface area contributed by atoms with Gasteiger partial charge in [0, 0.05) is 17.2 Å².